The van der Waals surface area contributed by atoms with Gasteiger partial charge in [0.2, 0.25) is 0 Å². The molecule has 4 rings (SSSR count). The summed E-state index contributed by atoms with van der Waals surface area (Å²) in [7, 11) is 0. The fraction of sp³-hybridized carbons (Fsp3) is 0.364. The van der Waals surface area contributed by atoms with Gasteiger partial charge in [-0.3, -0.25) is 9.89 Å². The zero-order valence-electron chi connectivity index (χ0n) is 16.1. The molecule has 2 heterocycles. The van der Waals surface area contributed by atoms with Crippen molar-refractivity contribution in [2.45, 2.75) is 39.2 Å². The summed E-state index contributed by atoms with van der Waals surface area (Å²) in [6.07, 6.45) is 0.380. The van der Waals surface area contributed by atoms with Crippen molar-refractivity contribution < 1.29 is 9.53 Å². The molecule has 1 aliphatic rings. The molecular weight excluding hydrogens is 338 g/mol. The van der Waals surface area contributed by atoms with E-state index in [0.717, 1.165) is 46.6 Å². The van der Waals surface area contributed by atoms with E-state index >= 15 is 0 Å². The number of benzene rings is 2. The highest BCUT2D eigenvalue weighted by atomic mass is 16.5. The minimum absolute atomic E-state index is 0.0918. The first-order chi connectivity index (χ1) is 13.0. The second-order valence-electron chi connectivity index (χ2n) is 7.87. The topological polar surface area (TPSA) is 67.0 Å². The normalized spacial score (nSPS) is 14.5. The zero-order valence-corrected chi connectivity index (χ0v) is 16.1. The molecule has 0 bridgehead atoms. The molecule has 2 aromatic carbocycles. The van der Waals surface area contributed by atoms with E-state index in [9.17, 15) is 4.79 Å². The minimum Gasteiger partial charge on any atom is -0.491 e. The third-order valence-electron chi connectivity index (χ3n) is 5.30. The fourth-order valence-corrected chi connectivity index (χ4v) is 3.84. The van der Waals surface area contributed by atoms with Gasteiger partial charge in [0.25, 0.3) is 0 Å². The lowest BCUT2D eigenvalue weighted by Gasteiger charge is -2.23. The predicted molar refractivity (Wildman–Crippen MR) is 106 cm³/mol. The summed E-state index contributed by atoms with van der Waals surface area (Å²) in [5.41, 5.74) is 4.44. The summed E-state index contributed by atoms with van der Waals surface area (Å²) < 4.78 is 5.89. The number of aryl methyl sites for hydroxylation is 1. The van der Waals surface area contributed by atoms with Crippen molar-refractivity contribution in [3.63, 3.8) is 0 Å². The molecule has 0 atom stereocenters. The van der Waals surface area contributed by atoms with Gasteiger partial charge in [0.05, 0.1) is 11.1 Å². The van der Waals surface area contributed by atoms with Crippen LogP contribution in [0.25, 0.3) is 10.9 Å². The Morgan fingerprint density at radius 1 is 1.22 bits per heavy atom. The molecule has 2 N–H and O–H groups in total. The van der Waals surface area contributed by atoms with E-state index in [-0.39, 0.29) is 11.2 Å². The average Bonchev–Trinajstić information content (AvgIpc) is 2.94. The fourth-order valence-electron chi connectivity index (χ4n) is 3.84. The number of nitrogens with one attached hydrogen (secondary N) is 2. The first kappa shape index (κ1) is 17.7. The van der Waals surface area contributed by atoms with E-state index < -0.39 is 0 Å². The molecule has 1 aromatic heterocycles. The Hall–Kier alpha value is -2.66. The number of ketones is 1. The van der Waals surface area contributed by atoms with E-state index in [1.165, 1.54) is 0 Å². The quantitative estimate of drug-likeness (QED) is 0.690. The summed E-state index contributed by atoms with van der Waals surface area (Å²) in [6.45, 7) is 8.31. The molecule has 27 heavy (non-hydrogen) atoms. The maximum Gasteiger partial charge on any atom is 0.167 e. The van der Waals surface area contributed by atoms with Crippen molar-refractivity contribution in [3.05, 3.63) is 58.8 Å². The summed E-state index contributed by atoms with van der Waals surface area (Å²) in [5.74, 6) is 0.822. The number of nitrogens with zero attached hydrogens (tertiary/aromatic N) is 1. The molecule has 0 unspecified atom stereocenters. The SMILES string of the molecule is Cc1cccc2c(C(C)(C)CC(=O)c3cccc4c3OCCNC4)[nH]nc12. The smallest absolute Gasteiger partial charge is 0.167 e. The molecular formula is C22H25N3O2. The third kappa shape index (κ3) is 3.23. The van der Waals surface area contributed by atoms with Crippen LogP contribution >= 0.6 is 0 Å². The second-order valence-corrected chi connectivity index (χ2v) is 7.87. The number of Topliss-reactive ketones (excluding diaryl/α,β-unsaturated/α-hetero) is 1. The number of fused-ring (bicyclic) bond motifs is 2. The molecule has 0 radical (unpaired) electrons. The lowest BCUT2D eigenvalue weighted by atomic mass is 9.80. The first-order valence-electron chi connectivity index (χ1n) is 9.40. The molecule has 5 nitrogen and oxygen atoms in total. The Kier molecular flexibility index (Phi) is 4.48. The van der Waals surface area contributed by atoms with E-state index in [1.54, 1.807) is 0 Å². The predicted octanol–water partition coefficient (Wildman–Crippen LogP) is 3.90. The van der Waals surface area contributed by atoms with E-state index in [1.807, 2.05) is 24.3 Å². The van der Waals surface area contributed by atoms with Gasteiger partial charge in [0.15, 0.2) is 5.78 Å². The molecule has 0 spiro atoms. The van der Waals surface area contributed by atoms with Crippen LogP contribution in [-0.4, -0.2) is 29.1 Å². The van der Waals surface area contributed by atoms with Crippen LogP contribution in [0, 0.1) is 6.92 Å². The molecule has 1 aliphatic heterocycles. The lowest BCUT2D eigenvalue weighted by molar-refractivity contribution is 0.0953. The number of rotatable bonds is 4. The van der Waals surface area contributed by atoms with Gasteiger partial charge in [0.1, 0.15) is 12.4 Å². The zero-order chi connectivity index (χ0) is 19.0. The Morgan fingerprint density at radius 2 is 2.04 bits per heavy atom. The van der Waals surface area contributed by atoms with Crippen LogP contribution in [0.5, 0.6) is 5.75 Å². The summed E-state index contributed by atoms with van der Waals surface area (Å²) in [5, 5.41) is 12.1. The van der Waals surface area contributed by atoms with Crippen molar-refractivity contribution in [1.29, 1.82) is 0 Å². The highest BCUT2D eigenvalue weighted by molar-refractivity contribution is 6.00. The number of carbonyl (C=O) groups is 1. The van der Waals surface area contributed by atoms with Gasteiger partial charge in [-0.05, 0) is 18.6 Å². The number of aromatic amines is 1. The van der Waals surface area contributed by atoms with E-state index in [4.69, 9.17) is 4.74 Å². The van der Waals surface area contributed by atoms with Crippen LogP contribution in [0.4, 0.5) is 0 Å². The molecule has 0 saturated heterocycles. The number of aromatic nitrogens is 2. The van der Waals surface area contributed by atoms with Crippen LogP contribution in [0.1, 0.15) is 47.4 Å². The standard InChI is InChI=1S/C22H25N3O2/c1-14-6-4-9-17-19(14)24-25-21(17)22(2,3)12-18(26)16-8-5-7-15-13-23-10-11-27-20(15)16/h4-9,23H,10-13H2,1-3H3,(H,24,25). The van der Waals surface area contributed by atoms with Gasteiger partial charge in [-0.1, -0.05) is 44.2 Å². The lowest BCUT2D eigenvalue weighted by Crippen LogP contribution is -2.23. The van der Waals surface area contributed by atoms with Crippen molar-refractivity contribution in [3.8, 4) is 5.75 Å². The first-order valence-corrected chi connectivity index (χ1v) is 9.40. The largest absolute Gasteiger partial charge is 0.491 e. The maximum atomic E-state index is 13.2. The van der Waals surface area contributed by atoms with Gasteiger partial charge in [-0.2, -0.15) is 5.10 Å². The molecule has 0 aliphatic carbocycles. The Labute approximate surface area is 159 Å². The van der Waals surface area contributed by atoms with Gasteiger partial charge >= 0.3 is 0 Å². The van der Waals surface area contributed by atoms with E-state index in [2.05, 4.69) is 48.4 Å². The number of hydrogen-bond donors (Lipinski definition) is 2. The molecule has 3 aromatic rings. The van der Waals surface area contributed by atoms with Crippen molar-refractivity contribution in [2.75, 3.05) is 13.2 Å². The molecule has 0 saturated carbocycles. The van der Waals surface area contributed by atoms with Gasteiger partial charge in [-0.15, -0.1) is 0 Å². The summed E-state index contributed by atoms with van der Waals surface area (Å²) in [4.78, 5) is 13.2. The molecule has 5 heteroatoms. The van der Waals surface area contributed by atoms with Crippen LogP contribution in [-0.2, 0) is 12.0 Å². The molecule has 0 amide bonds. The maximum absolute atomic E-state index is 13.2. The van der Waals surface area contributed by atoms with Crippen molar-refractivity contribution in [2.24, 2.45) is 0 Å². The summed E-state index contributed by atoms with van der Waals surface area (Å²) in [6, 6.07) is 12.0. The number of hydrogen-bond acceptors (Lipinski definition) is 4. The van der Waals surface area contributed by atoms with Crippen LogP contribution in [0.3, 0.4) is 0 Å². The van der Waals surface area contributed by atoms with Gasteiger partial charge < -0.3 is 10.1 Å². The molecule has 0 fully saturated rings. The highest BCUT2D eigenvalue weighted by Crippen LogP contribution is 2.35. The highest BCUT2D eigenvalue weighted by Gasteiger charge is 2.30. The Morgan fingerprint density at radius 3 is 2.89 bits per heavy atom. The van der Waals surface area contributed by atoms with Crippen LogP contribution in [0.15, 0.2) is 36.4 Å². The third-order valence-corrected chi connectivity index (χ3v) is 5.30. The number of ether oxygens (including phenoxy) is 1. The Bertz CT molecular complexity index is 1000. The van der Waals surface area contributed by atoms with Crippen LogP contribution < -0.4 is 10.1 Å². The van der Waals surface area contributed by atoms with Crippen LogP contribution in [0.2, 0.25) is 0 Å². The number of carbonyl (C=O) groups excluding carboxylic acids is 1. The van der Waals surface area contributed by atoms with Gasteiger partial charge in [-0.25, -0.2) is 0 Å². The molecule has 140 valence electrons. The average molecular weight is 363 g/mol. The monoisotopic (exact) mass is 363 g/mol. The summed E-state index contributed by atoms with van der Waals surface area (Å²) >= 11 is 0. The van der Waals surface area contributed by atoms with Crippen molar-refractivity contribution in [1.82, 2.24) is 15.5 Å². The van der Waals surface area contributed by atoms with E-state index in [0.29, 0.717) is 18.6 Å². The minimum atomic E-state index is -0.370. The number of H-pyrrole nitrogens is 1. The second kappa shape index (κ2) is 6.82. The van der Waals surface area contributed by atoms with Gasteiger partial charge in [0, 0.05) is 41.6 Å². The Balaban J connectivity index is 1.67. The number of para-hydroxylation sites is 2. The van der Waals surface area contributed by atoms with Crippen molar-refractivity contribution >= 4 is 16.7 Å².